The van der Waals surface area contributed by atoms with Crippen LogP contribution in [-0.4, -0.2) is 34.2 Å². The van der Waals surface area contributed by atoms with E-state index in [0.717, 1.165) is 24.8 Å². The summed E-state index contributed by atoms with van der Waals surface area (Å²) < 4.78 is 5.63. The summed E-state index contributed by atoms with van der Waals surface area (Å²) in [6, 6.07) is 8.59. The van der Waals surface area contributed by atoms with E-state index >= 15 is 0 Å². The van der Waals surface area contributed by atoms with Crippen molar-refractivity contribution in [3.8, 4) is 0 Å². The third kappa shape index (κ3) is 3.88. The largest absolute Gasteiger partial charge is 0.480 e. The number of carbonyl (C=O) groups is 2. The molecule has 5 heteroatoms. The van der Waals surface area contributed by atoms with Crippen LogP contribution in [0.3, 0.4) is 0 Å². The van der Waals surface area contributed by atoms with Crippen LogP contribution in [0.2, 0.25) is 0 Å². The molecule has 1 N–H and O–H groups in total. The number of carboxylic acids is 1. The first kappa shape index (κ1) is 20.2. The van der Waals surface area contributed by atoms with E-state index in [2.05, 4.69) is 0 Å². The molecule has 2 atom stereocenters. The predicted molar refractivity (Wildman–Crippen MR) is 110 cm³/mol. The minimum Gasteiger partial charge on any atom is -0.480 e. The van der Waals surface area contributed by atoms with Gasteiger partial charge in [-0.1, -0.05) is 37.3 Å². The fourth-order valence-corrected chi connectivity index (χ4v) is 6.72. The molecule has 1 amide bonds. The van der Waals surface area contributed by atoms with E-state index < -0.39 is 18.1 Å². The molecule has 4 saturated carbocycles. The lowest BCUT2D eigenvalue weighted by atomic mass is 9.47. The highest BCUT2D eigenvalue weighted by Crippen LogP contribution is 2.62. The Morgan fingerprint density at radius 1 is 1.10 bits per heavy atom. The van der Waals surface area contributed by atoms with E-state index in [1.165, 1.54) is 19.3 Å². The second-order valence-electron chi connectivity index (χ2n) is 9.73. The Morgan fingerprint density at radius 2 is 1.66 bits per heavy atom. The topological polar surface area (TPSA) is 66.8 Å². The molecule has 0 aromatic heterocycles. The first-order chi connectivity index (χ1) is 13.9. The van der Waals surface area contributed by atoms with E-state index in [1.807, 2.05) is 44.2 Å². The van der Waals surface area contributed by atoms with Crippen molar-refractivity contribution in [2.24, 2.45) is 23.2 Å². The molecular formula is C24H33NO4. The molecule has 2 unspecified atom stereocenters. The molecule has 5 rings (SSSR count). The summed E-state index contributed by atoms with van der Waals surface area (Å²) in [4.78, 5) is 27.4. The van der Waals surface area contributed by atoms with Crippen LogP contribution in [0.5, 0.6) is 0 Å². The normalized spacial score (nSPS) is 31.9. The average molecular weight is 400 g/mol. The van der Waals surface area contributed by atoms with Crippen LogP contribution in [0.4, 0.5) is 4.79 Å². The highest BCUT2D eigenvalue weighted by molar-refractivity contribution is 5.81. The van der Waals surface area contributed by atoms with Crippen molar-refractivity contribution in [3.63, 3.8) is 0 Å². The second-order valence-corrected chi connectivity index (χ2v) is 9.73. The van der Waals surface area contributed by atoms with Crippen LogP contribution in [-0.2, 0) is 16.1 Å². The fourth-order valence-electron chi connectivity index (χ4n) is 6.72. The molecule has 29 heavy (non-hydrogen) atoms. The summed E-state index contributed by atoms with van der Waals surface area (Å²) in [5.74, 6) is 1.01. The molecular weight excluding hydrogens is 366 g/mol. The van der Waals surface area contributed by atoms with Crippen molar-refractivity contribution in [2.45, 2.75) is 77.5 Å². The molecule has 158 valence electrons. The Balaban J connectivity index is 1.59. The van der Waals surface area contributed by atoms with Crippen LogP contribution in [0.25, 0.3) is 0 Å². The van der Waals surface area contributed by atoms with Gasteiger partial charge in [0.1, 0.15) is 12.6 Å². The Kier molecular flexibility index (Phi) is 5.58. The lowest BCUT2D eigenvalue weighted by Gasteiger charge is -2.60. The van der Waals surface area contributed by atoms with E-state index in [1.54, 1.807) is 4.90 Å². The van der Waals surface area contributed by atoms with Gasteiger partial charge >= 0.3 is 12.1 Å². The number of ether oxygens (including phenoxy) is 1. The third-order valence-electron chi connectivity index (χ3n) is 7.66. The van der Waals surface area contributed by atoms with Crippen molar-refractivity contribution >= 4 is 12.1 Å². The molecule has 4 bridgehead atoms. The summed E-state index contributed by atoms with van der Waals surface area (Å²) in [5, 5.41) is 10.3. The Morgan fingerprint density at radius 3 is 2.14 bits per heavy atom. The van der Waals surface area contributed by atoms with E-state index in [-0.39, 0.29) is 18.1 Å². The molecule has 0 spiro atoms. The summed E-state index contributed by atoms with van der Waals surface area (Å²) in [6.07, 6.45) is 6.76. The number of aliphatic carboxylic acids is 1. The quantitative estimate of drug-likeness (QED) is 0.693. The number of benzene rings is 1. The summed E-state index contributed by atoms with van der Waals surface area (Å²) in [6.45, 7) is 4.11. The van der Waals surface area contributed by atoms with E-state index in [9.17, 15) is 14.7 Å². The van der Waals surface area contributed by atoms with Gasteiger partial charge < -0.3 is 9.84 Å². The Labute approximate surface area is 173 Å². The van der Waals surface area contributed by atoms with Gasteiger partial charge in [0, 0.05) is 11.5 Å². The van der Waals surface area contributed by atoms with Crippen LogP contribution in [0, 0.1) is 23.2 Å². The molecule has 1 aromatic carbocycles. The number of hydrogen-bond donors (Lipinski definition) is 1. The SMILES string of the molecule is CCC(C)N(C(=O)OCc1ccccc1)C(C(=O)O)C12CC3CC(CC(C3)C1)C2. The molecule has 0 heterocycles. The van der Waals surface area contributed by atoms with Gasteiger partial charge in [-0.05, 0) is 75.2 Å². The maximum Gasteiger partial charge on any atom is 0.411 e. The fraction of sp³-hybridized carbons (Fsp3) is 0.667. The number of carboxylic acid groups (broad SMARTS) is 1. The molecule has 4 fully saturated rings. The van der Waals surface area contributed by atoms with Gasteiger partial charge in [-0.2, -0.15) is 0 Å². The lowest BCUT2D eigenvalue weighted by molar-refractivity contribution is -0.162. The Hall–Kier alpha value is -2.04. The van der Waals surface area contributed by atoms with Gasteiger partial charge in [-0.25, -0.2) is 9.59 Å². The van der Waals surface area contributed by atoms with Gasteiger partial charge in [-0.15, -0.1) is 0 Å². The zero-order valence-corrected chi connectivity index (χ0v) is 17.5. The van der Waals surface area contributed by atoms with Gasteiger partial charge in [0.2, 0.25) is 0 Å². The monoisotopic (exact) mass is 399 g/mol. The highest BCUT2D eigenvalue weighted by atomic mass is 16.6. The molecule has 4 aliphatic rings. The zero-order chi connectivity index (χ0) is 20.6. The maximum atomic E-state index is 13.2. The molecule has 5 nitrogen and oxygen atoms in total. The van der Waals surface area contributed by atoms with Crippen molar-refractivity contribution in [2.75, 3.05) is 0 Å². The first-order valence-corrected chi connectivity index (χ1v) is 11.1. The summed E-state index contributed by atoms with van der Waals surface area (Å²) in [7, 11) is 0. The highest BCUT2D eigenvalue weighted by Gasteiger charge is 2.59. The molecule has 0 aliphatic heterocycles. The molecule has 4 aliphatic carbocycles. The smallest absolute Gasteiger partial charge is 0.411 e. The maximum absolute atomic E-state index is 13.2. The van der Waals surface area contributed by atoms with Crippen molar-refractivity contribution < 1.29 is 19.4 Å². The molecule has 1 aromatic rings. The van der Waals surface area contributed by atoms with Crippen molar-refractivity contribution in [1.29, 1.82) is 0 Å². The standard InChI is InChI=1S/C24H33NO4/c1-3-16(2)25(23(28)29-15-17-7-5-4-6-8-17)21(22(26)27)24-12-18-9-19(13-24)11-20(10-18)14-24/h4-8,16,18-21H,3,9-15H2,1-2H3,(H,26,27). The number of rotatable bonds is 7. The van der Waals surface area contributed by atoms with E-state index in [0.29, 0.717) is 24.2 Å². The summed E-state index contributed by atoms with van der Waals surface area (Å²) in [5.41, 5.74) is 0.613. The molecule has 0 saturated heterocycles. The molecule has 0 radical (unpaired) electrons. The second kappa shape index (κ2) is 8.00. The van der Waals surface area contributed by atoms with Crippen LogP contribution in [0.15, 0.2) is 30.3 Å². The zero-order valence-electron chi connectivity index (χ0n) is 17.5. The van der Waals surface area contributed by atoms with Crippen molar-refractivity contribution in [3.05, 3.63) is 35.9 Å². The minimum absolute atomic E-state index is 0.166. The third-order valence-corrected chi connectivity index (χ3v) is 7.66. The summed E-state index contributed by atoms with van der Waals surface area (Å²) >= 11 is 0. The number of amides is 1. The minimum atomic E-state index is -0.871. The number of nitrogens with zero attached hydrogens (tertiary/aromatic N) is 1. The van der Waals surface area contributed by atoms with Crippen molar-refractivity contribution in [1.82, 2.24) is 4.90 Å². The van der Waals surface area contributed by atoms with Gasteiger partial charge in [0.15, 0.2) is 0 Å². The van der Waals surface area contributed by atoms with Gasteiger partial charge in [0.05, 0.1) is 0 Å². The number of carbonyl (C=O) groups excluding carboxylic acids is 1. The van der Waals surface area contributed by atoms with Gasteiger partial charge in [0.25, 0.3) is 0 Å². The first-order valence-electron chi connectivity index (χ1n) is 11.1. The lowest BCUT2D eigenvalue weighted by Crippen LogP contribution is -2.62. The van der Waals surface area contributed by atoms with Crippen LogP contribution in [0.1, 0.15) is 64.4 Å². The van der Waals surface area contributed by atoms with Gasteiger partial charge in [-0.3, -0.25) is 4.90 Å². The van der Waals surface area contributed by atoms with E-state index in [4.69, 9.17) is 4.74 Å². The van der Waals surface area contributed by atoms with Crippen LogP contribution < -0.4 is 0 Å². The Bertz CT molecular complexity index is 711. The number of hydrogen-bond acceptors (Lipinski definition) is 3. The average Bonchev–Trinajstić information content (AvgIpc) is 2.69. The predicted octanol–water partition coefficient (Wildman–Crippen LogP) is 5.09. The van der Waals surface area contributed by atoms with Crippen LogP contribution >= 0.6 is 0 Å².